The fourth-order valence-electron chi connectivity index (χ4n) is 4.92. The first kappa shape index (κ1) is 26.1. The van der Waals surface area contributed by atoms with E-state index in [4.69, 9.17) is 15.5 Å². The predicted octanol–water partition coefficient (Wildman–Crippen LogP) is 5.63. The van der Waals surface area contributed by atoms with E-state index in [0.29, 0.717) is 23.1 Å². The Balaban J connectivity index is 1.54. The zero-order chi connectivity index (χ0) is 27.5. The summed E-state index contributed by atoms with van der Waals surface area (Å²) in [6.07, 6.45) is 1.78. The number of nitrogens with one attached hydrogen (secondary N) is 1. The molecule has 39 heavy (non-hydrogen) atoms. The Morgan fingerprint density at radius 2 is 1.69 bits per heavy atom. The monoisotopic (exact) mass is 521 g/mol. The van der Waals surface area contributed by atoms with E-state index in [2.05, 4.69) is 94.3 Å². The van der Waals surface area contributed by atoms with Crippen molar-refractivity contribution in [1.82, 2.24) is 19.4 Å². The second kappa shape index (κ2) is 11.0. The van der Waals surface area contributed by atoms with Gasteiger partial charge in [-0.2, -0.15) is 0 Å². The number of fused-ring (bicyclic) bond motifs is 1. The first-order valence-corrected chi connectivity index (χ1v) is 12.9. The summed E-state index contributed by atoms with van der Waals surface area (Å²) in [7, 11) is 9.89. The van der Waals surface area contributed by atoms with Crippen LogP contribution in [0.15, 0.2) is 79.0 Å². The summed E-state index contributed by atoms with van der Waals surface area (Å²) in [6.45, 7) is 1.76. The van der Waals surface area contributed by atoms with E-state index in [0.717, 1.165) is 52.2 Å². The standard InChI is InChI=1S/C31H35N7O/c1-36(2)17-18-37(3)27-20-28(39-5)25(19-23(27)32)35-31-33-16-15-24(34-31)29-22-13-9-10-14-26(22)38(4)30(29)21-11-7-6-8-12-21/h6-16,19-20H,17-18,32H2,1-5H3,(H,33,34,35). The minimum atomic E-state index is 0.464. The zero-order valence-corrected chi connectivity index (χ0v) is 23.1. The van der Waals surface area contributed by atoms with Crippen molar-refractivity contribution in [1.29, 1.82) is 0 Å². The summed E-state index contributed by atoms with van der Waals surface area (Å²) in [6, 6.07) is 24.6. The van der Waals surface area contributed by atoms with E-state index in [1.54, 1.807) is 13.3 Å². The van der Waals surface area contributed by atoms with Crippen LogP contribution in [-0.4, -0.2) is 60.8 Å². The quantitative estimate of drug-likeness (QED) is 0.243. The molecule has 3 N–H and O–H groups in total. The van der Waals surface area contributed by atoms with E-state index in [-0.39, 0.29) is 0 Å². The van der Waals surface area contributed by atoms with Crippen molar-refractivity contribution in [2.75, 3.05) is 57.3 Å². The van der Waals surface area contributed by atoms with Crippen molar-refractivity contribution in [2.45, 2.75) is 0 Å². The van der Waals surface area contributed by atoms with Crippen LogP contribution in [0.25, 0.3) is 33.4 Å². The van der Waals surface area contributed by atoms with Crippen molar-refractivity contribution < 1.29 is 4.74 Å². The molecule has 3 aromatic carbocycles. The van der Waals surface area contributed by atoms with Gasteiger partial charge in [0.2, 0.25) is 5.95 Å². The van der Waals surface area contributed by atoms with Crippen LogP contribution >= 0.6 is 0 Å². The third-order valence-corrected chi connectivity index (χ3v) is 6.96. The Labute approximate surface area is 229 Å². The van der Waals surface area contributed by atoms with Gasteiger partial charge in [0.25, 0.3) is 0 Å². The number of para-hydroxylation sites is 1. The first-order chi connectivity index (χ1) is 18.9. The summed E-state index contributed by atoms with van der Waals surface area (Å²) in [5, 5.41) is 4.48. The van der Waals surface area contributed by atoms with Crippen LogP contribution in [0, 0.1) is 0 Å². The van der Waals surface area contributed by atoms with E-state index in [1.807, 2.05) is 31.3 Å². The lowest BCUT2D eigenvalue weighted by atomic mass is 10.0. The maximum Gasteiger partial charge on any atom is 0.227 e. The van der Waals surface area contributed by atoms with Crippen LogP contribution in [0.5, 0.6) is 5.75 Å². The molecule has 8 nitrogen and oxygen atoms in total. The lowest BCUT2D eigenvalue weighted by Gasteiger charge is -2.24. The summed E-state index contributed by atoms with van der Waals surface area (Å²) < 4.78 is 7.95. The number of hydrogen-bond donors (Lipinski definition) is 2. The average molecular weight is 522 g/mol. The van der Waals surface area contributed by atoms with Crippen molar-refractivity contribution in [3.8, 4) is 28.3 Å². The molecule has 0 bridgehead atoms. The lowest BCUT2D eigenvalue weighted by molar-refractivity contribution is 0.413. The normalized spacial score (nSPS) is 11.2. The minimum Gasteiger partial charge on any atom is -0.494 e. The number of nitrogens with zero attached hydrogens (tertiary/aromatic N) is 5. The van der Waals surface area contributed by atoms with Crippen LogP contribution in [0.2, 0.25) is 0 Å². The summed E-state index contributed by atoms with van der Waals surface area (Å²) in [4.78, 5) is 13.7. The molecule has 0 fully saturated rings. The minimum absolute atomic E-state index is 0.464. The highest BCUT2D eigenvalue weighted by atomic mass is 16.5. The number of nitrogen functional groups attached to an aromatic ring is 1. The second-order valence-electron chi connectivity index (χ2n) is 9.89. The number of aryl methyl sites for hydroxylation is 1. The van der Waals surface area contributed by atoms with Gasteiger partial charge in [0, 0.05) is 55.9 Å². The molecule has 5 aromatic rings. The molecule has 8 heteroatoms. The van der Waals surface area contributed by atoms with E-state index >= 15 is 0 Å². The molecule has 0 saturated carbocycles. The highest BCUT2D eigenvalue weighted by Gasteiger charge is 2.20. The van der Waals surface area contributed by atoms with Gasteiger partial charge in [0.15, 0.2) is 0 Å². The Bertz CT molecular complexity index is 1590. The van der Waals surface area contributed by atoms with Gasteiger partial charge in [0.1, 0.15) is 5.75 Å². The number of nitrogens with two attached hydrogens (primary N) is 1. The molecule has 0 unspecified atom stereocenters. The maximum atomic E-state index is 6.48. The highest BCUT2D eigenvalue weighted by Crippen LogP contribution is 2.40. The van der Waals surface area contributed by atoms with Gasteiger partial charge in [0.05, 0.1) is 35.6 Å². The molecule has 200 valence electrons. The Hall–Kier alpha value is -4.56. The Kier molecular flexibility index (Phi) is 7.38. The van der Waals surface area contributed by atoms with Crippen LogP contribution < -0.4 is 20.7 Å². The highest BCUT2D eigenvalue weighted by molar-refractivity contribution is 6.03. The van der Waals surface area contributed by atoms with Crippen LogP contribution in [-0.2, 0) is 7.05 Å². The van der Waals surface area contributed by atoms with Crippen molar-refractivity contribution >= 4 is 33.9 Å². The van der Waals surface area contributed by atoms with Gasteiger partial charge in [-0.15, -0.1) is 0 Å². The Morgan fingerprint density at radius 3 is 2.44 bits per heavy atom. The molecule has 0 atom stereocenters. The van der Waals surface area contributed by atoms with Crippen LogP contribution in [0.4, 0.5) is 23.0 Å². The predicted molar refractivity (Wildman–Crippen MR) is 162 cm³/mol. The largest absolute Gasteiger partial charge is 0.494 e. The average Bonchev–Trinajstić information content (AvgIpc) is 3.25. The molecule has 0 spiro atoms. The third-order valence-electron chi connectivity index (χ3n) is 6.96. The van der Waals surface area contributed by atoms with Gasteiger partial charge in [-0.1, -0.05) is 48.5 Å². The second-order valence-corrected chi connectivity index (χ2v) is 9.89. The van der Waals surface area contributed by atoms with Gasteiger partial charge in [-0.05, 0) is 37.9 Å². The SMILES string of the molecule is COc1cc(N(C)CCN(C)C)c(N)cc1Nc1nccc(-c2c(-c3ccccc3)n(C)c3ccccc23)n1. The number of ether oxygens (including phenoxy) is 1. The van der Waals surface area contributed by atoms with Gasteiger partial charge in [-0.3, -0.25) is 0 Å². The number of anilines is 4. The lowest BCUT2D eigenvalue weighted by Crippen LogP contribution is -2.29. The third kappa shape index (κ3) is 5.24. The summed E-state index contributed by atoms with van der Waals surface area (Å²) in [5.41, 5.74) is 14.0. The molecule has 0 saturated heterocycles. The molecule has 2 heterocycles. The number of hydrogen-bond acceptors (Lipinski definition) is 7. The number of benzene rings is 3. The van der Waals surface area contributed by atoms with Crippen molar-refractivity contribution in [3.63, 3.8) is 0 Å². The molecular weight excluding hydrogens is 486 g/mol. The number of likely N-dealkylation sites (N-methyl/N-ethyl adjacent to an activating group) is 2. The zero-order valence-electron chi connectivity index (χ0n) is 23.1. The fraction of sp³-hybridized carbons (Fsp3) is 0.226. The maximum absolute atomic E-state index is 6.48. The summed E-state index contributed by atoms with van der Waals surface area (Å²) >= 11 is 0. The van der Waals surface area contributed by atoms with E-state index in [9.17, 15) is 0 Å². The van der Waals surface area contributed by atoms with Gasteiger partial charge in [-0.25, -0.2) is 9.97 Å². The number of rotatable bonds is 9. The molecular formula is C31H35N7O. The summed E-state index contributed by atoms with van der Waals surface area (Å²) in [5.74, 6) is 1.13. The van der Waals surface area contributed by atoms with Crippen LogP contribution in [0.1, 0.15) is 0 Å². The fourth-order valence-corrected chi connectivity index (χ4v) is 4.92. The number of aromatic nitrogens is 3. The van der Waals surface area contributed by atoms with Crippen LogP contribution in [0.3, 0.4) is 0 Å². The van der Waals surface area contributed by atoms with Gasteiger partial charge >= 0.3 is 0 Å². The molecule has 0 amide bonds. The molecule has 2 aromatic heterocycles. The number of methoxy groups -OCH3 is 1. The van der Waals surface area contributed by atoms with Gasteiger partial charge < -0.3 is 30.2 Å². The topological polar surface area (TPSA) is 84.5 Å². The first-order valence-electron chi connectivity index (χ1n) is 12.9. The molecule has 5 rings (SSSR count). The van der Waals surface area contributed by atoms with E-state index < -0.39 is 0 Å². The van der Waals surface area contributed by atoms with Crippen molar-refractivity contribution in [2.24, 2.45) is 7.05 Å². The molecule has 0 aliphatic heterocycles. The van der Waals surface area contributed by atoms with E-state index in [1.165, 1.54) is 0 Å². The van der Waals surface area contributed by atoms with Crippen molar-refractivity contribution in [3.05, 3.63) is 79.0 Å². The molecule has 0 aliphatic carbocycles. The molecule has 0 aliphatic rings. The smallest absolute Gasteiger partial charge is 0.227 e. The Morgan fingerprint density at radius 1 is 0.949 bits per heavy atom. The molecule has 0 radical (unpaired) electrons.